The lowest BCUT2D eigenvalue weighted by Gasteiger charge is -2.22. The van der Waals surface area contributed by atoms with Crippen LogP contribution in [0.3, 0.4) is 0 Å². The summed E-state index contributed by atoms with van der Waals surface area (Å²) in [5.74, 6) is 0.382. The van der Waals surface area contributed by atoms with Crippen LogP contribution < -0.4 is 9.47 Å². The average Bonchev–Trinajstić information content (AvgIpc) is 2.50. The van der Waals surface area contributed by atoms with E-state index in [0.29, 0.717) is 24.5 Å². The summed E-state index contributed by atoms with van der Waals surface area (Å²) in [7, 11) is 3.14. The molecule has 0 aliphatic heterocycles. The SMILES string of the molecule is COc1cc(CCC(=O)N(CC(=O)O)CC(C)C)cc(OC)c1. The van der Waals surface area contributed by atoms with Crippen molar-refractivity contribution in [2.24, 2.45) is 5.92 Å². The Bertz CT molecular complexity index is 520. The molecule has 0 radical (unpaired) electrons. The zero-order chi connectivity index (χ0) is 17.4. The minimum Gasteiger partial charge on any atom is -0.497 e. The minimum absolute atomic E-state index is 0.164. The maximum Gasteiger partial charge on any atom is 0.323 e. The van der Waals surface area contributed by atoms with Gasteiger partial charge in [0.15, 0.2) is 0 Å². The summed E-state index contributed by atoms with van der Waals surface area (Å²) in [6.07, 6.45) is 0.747. The Morgan fingerprint density at radius 1 is 1.13 bits per heavy atom. The van der Waals surface area contributed by atoms with E-state index >= 15 is 0 Å². The first-order valence-corrected chi connectivity index (χ1v) is 7.57. The monoisotopic (exact) mass is 323 g/mol. The fraction of sp³-hybridized carbons (Fsp3) is 0.529. The van der Waals surface area contributed by atoms with Crippen molar-refractivity contribution in [2.45, 2.75) is 26.7 Å². The molecule has 0 aliphatic rings. The van der Waals surface area contributed by atoms with Gasteiger partial charge in [0.05, 0.1) is 14.2 Å². The maximum atomic E-state index is 12.3. The van der Waals surface area contributed by atoms with Gasteiger partial charge in [0.1, 0.15) is 18.0 Å². The molecule has 0 saturated carbocycles. The number of amides is 1. The molecule has 0 aliphatic carbocycles. The van der Waals surface area contributed by atoms with E-state index in [1.54, 1.807) is 20.3 Å². The smallest absolute Gasteiger partial charge is 0.323 e. The first-order valence-electron chi connectivity index (χ1n) is 7.57. The molecule has 0 bridgehead atoms. The summed E-state index contributed by atoms with van der Waals surface area (Å²) in [5.41, 5.74) is 0.911. The van der Waals surface area contributed by atoms with E-state index in [0.717, 1.165) is 5.56 Å². The number of methoxy groups -OCH3 is 2. The number of hydrogen-bond acceptors (Lipinski definition) is 4. The van der Waals surface area contributed by atoms with Gasteiger partial charge in [-0.05, 0) is 30.0 Å². The number of rotatable bonds is 9. The Kier molecular flexibility index (Phi) is 7.38. The number of aliphatic carboxylic acids is 1. The van der Waals surface area contributed by atoms with Crippen molar-refractivity contribution in [3.8, 4) is 11.5 Å². The van der Waals surface area contributed by atoms with Crippen LogP contribution in [-0.4, -0.2) is 49.2 Å². The van der Waals surface area contributed by atoms with Crippen LogP contribution in [0.5, 0.6) is 11.5 Å². The van der Waals surface area contributed by atoms with Crippen LogP contribution in [0.4, 0.5) is 0 Å². The van der Waals surface area contributed by atoms with Crippen LogP contribution in [0.1, 0.15) is 25.8 Å². The molecule has 0 heterocycles. The van der Waals surface area contributed by atoms with E-state index in [-0.39, 0.29) is 24.8 Å². The number of benzene rings is 1. The normalized spacial score (nSPS) is 10.5. The second-order valence-corrected chi connectivity index (χ2v) is 5.78. The van der Waals surface area contributed by atoms with Crippen LogP contribution in [-0.2, 0) is 16.0 Å². The van der Waals surface area contributed by atoms with Crippen molar-refractivity contribution in [1.29, 1.82) is 0 Å². The van der Waals surface area contributed by atoms with E-state index in [1.165, 1.54) is 4.90 Å². The highest BCUT2D eigenvalue weighted by atomic mass is 16.5. The van der Waals surface area contributed by atoms with Gasteiger partial charge in [0, 0.05) is 19.0 Å². The van der Waals surface area contributed by atoms with Crippen LogP contribution in [0, 0.1) is 5.92 Å². The van der Waals surface area contributed by atoms with Crippen molar-refractivity contribution >= 4 is 11.9 Å². The molecule has 128 valence electrons. The number of carboxylic acids is 1. The lowest BCUT2D eigenvalue weighted by molar-refractivity contribution is -0.144. The zero-order valence-electron chi connectivity index (χ0n) is 14.2. The lowest BCUT2D eigenvalue weighted by Crippen LogP contribution is -2.38. The molecule has 6 nitrogen and oxygen atoms in total. The van der Waals surface area contributed by atoms with Gasteiger partial charge in [-0.2, -0.15) is 0 Å². The fourth-order valence-electron chi connectivity index (χ4n) is 2.28. The van der Waals surface area contributed by atoms with Crippen molar-refractivity contribution in [3.63, 3.8) is 0 Å². The largest absolute Gasteiger partial charge is 0.497 e. The van der Waals surface area contributed by atoms with E-state index in [9.17, 15) is 9.59 Å². The number of aryl methyl sites for hydroxylation is 1. The Morgan fingerprint density at radius 3 is 2.13 bits per heavy atom. The molecule has 1 aromatic carbocycles. The van der Waals surface area contributed by atoms with Crippen LogP contribution in [0.2, 0.25) is 0 Å². The summed E-state index contributed by atoms with van der Waals surface area (Å²) < 4.78 is 10.4. The first-order chi connectivity index (χ1) is 10.8. The highest BCUT2D eigenvalue weighted by Gasteiger charge is 2.18. The minimum atomic E-state index is -0.998. The molecular formula is C17H25NO5. The van der Waals surface area contributed by atoms with Crippen molar-refractivity contribution in [3.05, 3.63) is 23.8 Å². The summed E-state index contributed by atoms with van der Waals surface area (Å²) in [6, 6.07) is 5.46. The predicted molar refractivity (Wildman–Crippen MR) is 86.9 cm³/mol. The van der Waals surface area contributed by atoms with Crippen molar-refractivity contribution in [2.75, 3.05) is 27.3 Å². The number of nitrogens with zero attached hydrogens (tertiary/aromatic N) is 1. The van der Waals surface area contributed by atoms with Gasteiger partial charge in [-0.15, -0.1) is 0 Å². The second-order valence-electron chi connectivity index (χ2n) is 5.78. The fourth-order valence-corrected chi connectivity index (χ4v) is 2.28. The third kappa shape index (κ3) is 6.59. The third-order valence-electron chi connectivity index (χ3n) is 3.30. The third-order valence-corrected chi connectivity index (χ3v) is 3.30. The molecule has 1 rings (SSSR count). The molecule has 0 unspecified atom stereocenters. The summed E-state index contributed by atoms with van der Waals surface area (Å²) >= 11 is 0. The van der Waals surface area contributed by atoms with E-state index in [4.69, 9.17) is 14.6 Å². The van der Waals surface area contributed by atoms with E-state index in [1.807, 2.05) is 26.0 Å². The Hall–Kier alpha value is -2.24. The van der Waals surface area contributed by atoms with Gasteiger partial charge in [0.25, 0.3) is 0 Å². The van der Waals surface area contributed by atoms with Gasteiger partial charge in [-0.1, -0.05) is 13.8 Å². The van der Waals surface area contributed by atoms with Gasteiger partial charge in [-0.25, -0.2) is 0 Å². The molecule has 1 amide bonds. The molecule has 0 atom stereocenters. The zero-order valence-corrected chi connectivity index (χ0v) is 14.2. The Labute approximate surface area is 137 Å². The van der Waals surface area contributed by atoms with Crippen molar-refractivity contribution < 1.29 is 24.2 Å². The highest BCUT2D eigenvalue weighted by molar-refractivity contribution is 5.81. The number of carbonyl (C=O) groups is 2. The summed E-state index contributed by atoms with van der Waals surface area (Å²) in [6.45, 7) is 4.08. The molecule has 6 heteroatoms. The lowest BCUT2D eigenvalue weighted by atomic mass is 10.1. The van der Waals surface area contributed by atoms with E-state index < -0.39 is 5.97 Å². The predicted octanol–water partition coefficient (Wildman–Crippen LogP) is 2.21. The quantitative estimate of drug-likeness (QED) is 0.754. The maximum absolute atomic E-state index is 12.3. The Morgan fingerprint density at radius 2 is 1.70 bits per heavy atom. The molecule has 0 fully saturated rings. The van der Waals surface area contributed by atoms with Crippen LogP contribution in [0.25, 0.3) is 0 Å². The van der Waals surface area contributed by atoms with Crippen LogP contribution in [0.15, 0.2) is 18.2 Å². The molecule has 0 aromatic heterocycles. The molecule has 1 N–H and O–H groups in total. The van der Waals surface area contributed by atoms with Crippen molar-refractivity contribution in [1.82, 2.24) is 4.90 Å². The van der Waals surface area contributed by atoms with Gasteiger partial charge >= 0.3 is 5.97 Å². The molecular weight excluding hydrogens is 298 g/mol. The number of carboxylic acid groups (broad SMARTS) is 1. The second kappa shape index (κ2) is 9.02. The average molecular weight is 323 g/mol. The van der Waals surface area contributed by atoms with Gasteiger partial charge in [0.2, 0.25) is 5.91 Å². The van der Waals surface area contributed by atoms with E-state index in [2.05, 4.69) is 0 Å². The number of hydrogen-bond donors (Lipinski definition) is 1. The molecule has 23 heavy (non-hydrogen) atoms. The van der Waals surface area contributed by atoms with Gasteiger partial charge in [-0.3, -0.25) is 9.59 Å². The molecule has 1 aromatic rings. The summed E-state index contributed by atoms with van der Waals surface area (Å²) in [4.78, 5) is 24.6. The van der Waals surface area contributed by atoms with Gasteiger partial charge < -0.3 is 19.5 Å². The molecule has 0 saturated heterocycles. The molecule has 0 spiro atoms. The number of ether oxygens (including phenoxy) is 2. The summed E-state index contributed by atoms with van der Waals surface area (Å²) in [5, 5.41) is 8.94. The first kappa shape index (κ1) is 18.8. The Balaban J connectivity index is 2.74. The van der Waals surface area contributed by atoms with Crippen LogP contribution >= 0.6 is 0 Å². The topological polar surface area (TPSA) is 76.1 Å². The number of carbonyl (C=O) groups excluding carboxylic acids is 1. The standard InChI is InChI=1S/C17H25NO5/c1-12(2)10-18(11-17(20)21)16(19)6-5-13-7-14(22-3)9-15(8-13)23-4/h7-9,12H,5-6,10-11H2,1-4H3,(H,20,21). The highest BCUT2D eigenvalue weighted by Crippen LogP contribution is 2.23.